The zero-order valence-corrected chi connectivity index (χ0v) is 10.1. The van der Waals surface area contributed by atoms with E-state index in [-0.39, 0.29) is 12.8 Å². The van der Waals surface area contributed by atoms with E-state index >= 15 is 0 Å². The molecule has 1 aromatic rings. The molecule has 6 nitrogen and oxygen atoms in total. The number of carbonyl (C=O) groups is 3. The van der Waals surface area contributed by atoms with Crippen molar-refractivity contribution in [1.29, 1.82) is 0 Å². The molecule has 0 bridgehead atoms. The van der Waals surface area contributed by atoms with E-state index in [1.165, 1.54) is 0 Å². The zero-order chi connectivity index (χ0) is 14.3. The van der Waals surface area contributed by atoms with E-state index in [1.54, 1.807) is 30.3 Å². The number of carboxylic acid groups (broad SMARTS) is 2. The molecular weight excluding hydrogens is 250 g/mol. The van der Waals surface area contributed by atoms with E-state index in [2.05, 4.69) is 5.32 Å². The SMILES string of the molecule is O=C([O-])CCC(=O)N[C@@H](Cc1ccccc1)C(=O)[O-]. The highest BCUT2D eigenvalue weighted by Gasteiger charge is 2.13. The summed E-state index contributed by atoms with van der Waals surface area (Å²) in [6, 6.07) is 7.55. The Bertz CT molecular complexity index is 457. The van der Waals surface area contributed by atoms with Crippen LogP contribution in [0.2, 0.25) is 0 Å². The summed E-state index contributed by atoms with van der Waals surface area (Å²) in [5, 5.41) is 23.3. The van der Waals surface area contributed by atoms with E-state index in [9.17, 15) is 24.6 Å². The van der Waals surface area contributed by atoms with Crippen molar-refractivity contribution in [1.82, 2.24) is 5.32 Å². The molecule has 1 amide bonds. The van der Waals surface area contributed by atoms with Gasteiger partial charge >= 0.3 is 0 Å². The fraction of sp³-hybridized carbons (Fsp3) is 0.308. The minimum atomic E-state index is -1.41. The molecule has 0 aliphatic heterocycles. The highest BCUT2D eigenvalue weighted by molar-refractivity contribution is 5.84. The first-order chi connectivity index (χ1) is 8.99. The van der Waals surface area contributed by atoms with Gasteiger partial charge in [-0.15, -0.1) is 0 Å². The second-order valence-electron chi connectivity index (χ2n) is 4.00. The fourth-order valence-corrected chi connectivity index (χ4v) is 1.53. The number of hydrogen-bond donors (Lipinski definition) is 1. The van der Waals surface area contributed by atoms with Gasteiger partial charge in [-0.25, -0.2) is 0 Å². The Morgan fingerprint density at radius 1 is 1.05 bits per heavy atom. The third-order valence-electron chi connectivity index (χ3n) is 2.46. The first kappa shape index (κ1) is 14.7. The van der Waals surface area contributed by atoms with Crippen LogP contribution in [0.15, 0.2) is 30.3 Å². The molecule has 0 radical (unpaired) electrons. The molecule has 1 aromatic carbocycles. The molecule has 0 saturated heterocycles. The van der Waals surface area contributed by atoms with Crippen molar-refractivity contribution >= 4 is 17.8 Å². The minimum Gasteiger partial charge on any atom is -0.550 e. The van der Waals surface area contributed by atoms with Crippen molar-refractivity contribution in [2.45, 2.75) is 25.3 Å². The van der Waals surface area contributed by atoms with Crippen molar-refractivity contribution in [3.05, 3.63) is 35.9 Å². The number of rotatable bonds is 7. The predicted molar refractivity (Wildman–Crippen MR) is 61.3 cm³/mol. The number of nitrogens with one attached hydrogen (secondary N) is 1. The lowest BCUT2D eigenvalue weighted by molar-refractivity contribution is -0.308. The maximum atomic E-state index is 11.4. The molecule has 1 N–H and O–H groups in total. The van der Waals surface area contributed by atoms with Crippen molar-refractivity contribution < 1.29 is 24.6 Å². The summed E-state index contributed by atoms with van der Waals surface area (Å²) in [5.74, 6) is -3.43. The van der Waals surface area contributed by atoms with Gasteiger partial charge in [0.05, 0.1) is 12.0 Å². The van der Waals surface area contributed by atoms with Gasteiger partial charge in [0, 0.05) is 12.4 Å². The summed E-state index contributed by atoms with van der Waals surface area (Å²) in [4.78, 5) is 32.5. The van der Waals surface area contributed by atoms with Gasteiger partial charge in [-0.05, 0) is 18.4 Å². The van der Waals surface area contributed by atoms with Crippen molar-refractivity contribution in [3.8, 4) is 0 Å². The number of aliphatic carboxylic acids is 2. The summed E-state index contributed by atoms with van der Waals surface area (Å²) in [6.45, 7) is 0. The standard InChI is InChI=1S/C13H15NO5/c15-11(6-7-12(16)17)14-10(13(18)19)8-9-4-2-1-3-5-9/h1-5,10H,6-8H2,(H,14,15)(H,16,17)(H,18,19)/p-2/t10-/m0/s1. The zero-order valence-electron chi connectivity index (χ0n) is 10.1. The molecule has 0 aliphatic rings. The highest BCUT2D eigenvalue weighted by Crippen LogP contribution is 2.03. The van der Waals surface area contributed by atoms with E-state index in [0.29, 0.717) is 0 Å². The molecule has 102 valence electrons. The highest BCUT2D eigenvalue weighted by atomic mass is 16.4. The van der Waals surface area contributed by atoms with E-state index in [0.717, 1.165) is 5.56 Å². The summed E-state index contributed by atoms with van der Waals surface area (Å²) < 4.78 is 0. The molecule has 0 unspecified atom stereocenters. The van der Waals surface area contributed by atoms with Crippen LogP contribution in [-0.2, 0) is 20.8 Å². The van der Waals surface area contributed by atoms with Gasteiger partial charge in [0.2, 0.25) is 5.91 Å². The number of carboxylic acids is 2. The van der Waals surface area contributed by atoms with Crippen LogP contribution < -0.4 is 15.5 Å². The first-order valence-electron chi connectivity index (χ1n) is 5.73. The fourth-order valence-electron chi connectivity index (χ4n) is 1.53. The van der Waals surface area contributed by atoms with Crippen LogP contribution in [-0.4, -0.2) is 23.9 Å². The van der Waals surface area contributed by atoms with Crippen LogP contribution in [0.4, 0.5) is 0 Å². The van der Waals surface area contributed by atoms with E-state index in [4.69, 9.17) is 0 Å². The van der Waals surface area contributed by atoms with E-state index < -0.39 is 30.3 Å². The number of amides is 1. The third kappa shape index (κ3) is 5.67. The summed E-state index contributed by atoms with van der Waals surface area (Å²) >= 11 is 0. The second kappa shape index (κ2) is 7.15. The molecule has 0 saturated carbocycles. The van der Waals surface area contributed by atoms with Gasteiger partial charge in [-0.2, -0.15) is 0 Å². The monoisotopic (exact) mass is 263 g/mol. The lowest BCUT2D eigenvalue weighted by Gasteiger charge is -2.20. The van der Waals surface area contributed by atoms with Crippen molar-refractivity contribution in [2.24, 2.45) is 0 Å². The average Bonchev–Trinajstić information content (AvgIpc) is 2.36. The Morgan fingerprint density at radius 2 is 1.68 bits per heavy atom. The molecule has 19 heavy (non-hydrogen) atoms. The Hall–Kier alpha value is -2.37. The van der Waals surface area contributed by atoms with Gasteiger partial charge in [0.15, 0.2) is 0 Å². The quantitative estimate of drug-likeness (QED) is 0.611. The number of hydrogen-bond acceptors (Lipinski definition) is 5. The summed E-state index contributed by atoms with van der Waals surface area (Å²) in [5.41, 5.74) is 0.733. The largest absolute Gasteiger partial charge is 0.550 e. The molecule has 0 aliphatic carbocycles. The predicted octanol–water partition coefficient (Wildman–Crippen LogP) is -2.01. The molecule has 0 spiro atoms. The normalized spacial score (nSPS) is 11.6. The van der Waals surface area contributed by atoms with Crippen molar-refractivity contribution in [3.63, 3.8) is 0 Å². The van der Waals surface area contributed by atoms with Crippen LogP contribution in [0.1, 0.15) is 18.4 Å². The summed E-state index contributed by atoms with van der Waals surface area (Å²) in [7, 11) is 0. The molecule has 0 fully saturated rings. The van der Waals surface area contributed by atoms with Gasteiger partial charge in [-0.1, -0.05) is 30.3 Å². The minimum absolute atomic E-state index is 0.0836. The maximum Gasteiger partial charge on any atom is 0.220 e. The summed E-state index contributed by atoms with van der Waals surface area (Å²) in [6.07, 6.45) is -0.682. The Balaban J connectivity index is 2.56. The van der Waals surface area contributed by atoms with Crippen LogP contribution in [0, 0.1) is 0 Å². The second-order valence-corrected chi connectivity index (χ2v) is 4.00. The Kier molecular flexibility index (Phi) is 5.53. The number of benzene rings is 1. The molecular formula is C13H13NO5-2. The smallest absolute Gasteiger partial charge is 0.220 e. The molecule has 6 heteroatoms. The van der Waals surface area contributed by atoms with Crippen molar-refractivity contribution in [2.75, 3.05) is 0 Å². The Morgan fingerprint density at radius 3 is 2.21 bits per heavy atom. The lowest BCUT2D eigenvalue weighted by atomic mass is 10.1. The average molecular weight is 263 g/mol. The van der Waals surface area contributed by atoms with Gasteiger partial charge < -0.3 is 25.1 Å². The maximum absolute atomic E-state index is 11.4. The third-order valence-corrected chi connectivity index (χ3v) is 2.46. The van der Waals surface area contributed by atoms with Gasteiger partial charge in [0.25, 0.3) is 0 Å². The topological polar surface area (TPSA) is 109 Å². The van der Waals surface area contributed by atoms with E-state index in [1.807, 2.05) is 0 Å². The van der Waals surface area contributed by atoms with Gasteiger partial charge in [0.1, 0.15) is 0 Å². The lowest BCUT2D eigenvalue weighted by Crippen LogP contribution is -2.49. The first-order valence-corrected chi connectivity index (χ1v) is 5.73. The molecule has 0 aromatic heterocycles. The molecule has 1 atom stereocenters. The Labute approximate surface area is 110 Å². The van der Waals surface area contributed by atoms with Crippen LogP contribution in [0.5, 0.6) is 0 Å². The molecule has 0 heterocycles. The van der Waals surface area contributed by atoms with Crippen LogP contribution in [0.3, 0.4) is 0 Å². The van der Waals surface area contributed by atoms with Crippen LogP contribution >= 0.6 is 0 Å². The van der Waals surface area contributed by atoms with Crippen LogP contribution in [0.25, 0.3) is 0 Å². The number of carbonyl (C=O) groups excluding carboxylic acids is 3. The molecule has 1 rings (SSSR count). The van der Waals surface area contributed by atoms with Gasteiger partial charge in [-0.3, -0.25) is 4.79 Å².